The Morgan fingerprint density at radius 1 is 1.10 bits per heavy atom. The van der Waals surface area contributed by atoms with E-state index in [9.17, 15) is 4.79 Å². The zero-order chi connectivity index (χ0) is 15.4. The second-order valence-electron chi connectivity index (χ2n) is 6.18. The third-order valence-electron chi connectivity index (χ3n) is 3.89. The van der Waals surface area contributed by atoms with Crippen molar-refractivity contribution in [1.82, 2.24) is 4.90 Å². The molecule has 0 heterocycles. The minimum atomic E-state index is 0.0970. The van der Waals surface area contributed by atoms with Crippen molar-refractivity contribution >= 4 is 12.0 Å². The van der Waals surface area contributed by atoms with Crippen LogP contribution in [0.5, 0.6) is 0 Å². The fourth-order valence-electron chi connectivity index (χ4n) is 2.95. The van der Waals surface area contributed by atoms with Crippen LogP contribution in [0, 0.1) is 0 Å². The first-order valence-corrected chi connectivity index (χ1v) is 7.78. The van der Waals surface area contributed by atoms with Crippen molar-refractivity contribution in [3.05, 3.63) is 53.1 Å². The number of carbonyl (C=O) groups excluding carboxylic acids is 1. The number of rotatable bonds is 4. The molecule has 0 saturated carbocycles. The van der Waals surface area contributed by atoms with Gasteiger partial charge in [-0.2, -0.15) is 0 Å². The molecule has 2 nitrogen and oxygen atoms in total. The lowest BCUT2D eigenvalue weighted by Crippen LogP contribution is -2.41. The molecule has 2 heteroatoms. The Bertz CT molecular complexity index is 559. The molecule has 0 radical (unpaired) electrons. The van der Waals surface area contributed by atoms with Gasteiger partial charge in [-0.05, 0) is 57.2 Å². The Morgan fingerprint density at radius 3 is 2.43 bits per heavy atom. The zero-order valence-corrected chi connectivity index (χ0v) is 13.5. The van der Waals surface area contributed by atoms with Gasteiger partial charge in [0.05, 0.1) is 0 Å². The van der Waals surface area contributed by atoms with Gasteiger partial charge >= 0.3 is 0 Å². The number of fused-ring (bicyclic) bond motifs is 1. The lowest BCUT2D eigenvalue weighted by atomic mass is 9.92. The second-order valence-corrected chi connectivity index (χ2v) is 6.18. The summed E-state index contributed by atoms with van der Waals surface area (Å²) in [7, 11) is 0. The quantitative estimate of drug-likeness (QED) is 0.758. The standard InChI is InChI=1S/C19H25NO/c1-14(2)20(15(3)4)19(21)12-10-16-9-11-17-7-5-6-8-18(17)13-16/h5-8,10,12-15H,9,11H2,1-4H3. The molecule has 0 unspecified atom stereocenters. The Labute approximate surface area is 128 Å². The number of carbonyl (C=O) groups is 1. The topological polar surface area (TPSA) is 20.3 Å². The van der Waals surface area contributed by atoms with E-state index >= 15 is 0 Å². The maximum atomic E-state index is 12.3. The van der Waals surface area contributed by atoms with Crippen LogP contribution in [-0.4, -0.2) is 22.9 Å². The number of benzene rings is 1. The minimum Gasteiger partial charge on any atom is -0.334 e. The molecule has 1 aromatic rings. The molecule has 0 spiro atoms. The van der Waals surface area contributed by atoms with Gasteiger partial charge < -0.3 is 4.90 Å². The van der Waals surface area contributed by atoms with Crippen molar-refractivity contribution in [1.29, 1.82) is 0 Å². The molecule has 1 aromatic carbocycles. The fraction of sp³-hybridized carbons (Fsp3) is 0.421. The number of allylic oxidation sites excluding steroid dienone is 2. The van der Waals surface area contributed by atoms with Crippen LogP contribution in [0.15, 0.2) is 42.0 Å². The Balaban J connectivity index is 2.12. The molecule has 2 rings (SSSR count). The molecule has 21 heavy (non-hydrogen) atoms. The third-order valence-corrected chi connectivity index (χ3v) is 3.89. The van der Waals surface area contributed by atoms with Gasteiger partial charge in [-0.25, -0.2) is 0 Å². The van der Waals surface area contributed by atoms with Gasteiger partial charge in [0.1, 0.15) is 0 Å². The molecule has 1 aliphatic carbocycles. The molecule has 1 aliphatic rings. The monoisotopic (exact) mass is 283 g/mol. The van der Waals surface area contributed by atoms with Crippen molar-refractivity contribution in [3.8, 4) is 0 Å². The fourth-order valence-corrected chi connectivity index (χ4v) is 2.95. The molecular weight excluding hydrogens is 258 g/mol. The SMILES string of the molecule is CC(C)N(C(=O)C=CC1=Cc2ccccc2CC1)C(C)C. The number of aryl methyl sites for hydroxylation is 1. The first kappa shape index (κ1) is 15.6. The molecule has 1 amide bonds. The van der Waals surface area contributed by atoms with Crippen LogP contribution in [-0.2, 0) is 11.2 Å². The average Bonchev–Trinajstić information content (AvgIpc) is 2.44. The Kier molecular flexibility index (Phi) is 5.00. The van der Waals surface area contributed by atoms with E-state index in [4.69, 9.17) is 0 Å². The lowest BCUT2D eigenvalue weighted by molar-refractivity contribution is -0.129. The Morgan fingerprint density at radius 2 is 1.76 bits per heavy atom. The summed E-state index contributed by atoms with van der Waals surface area (Å²) in [5.74, 6) is 0.0970. The van der Waals surface area contributed by atoms with Crippen LogP contribution < -0.4 is 0 Å². The summed E-state index contributed by atoms with van der Waals surface area (Å²) in [5, 5.41) is 0. The number of amides is 1. The largest absolute Gasteiger partial charge is 0.334 e. The first-order valence-electron chi connectivity index (χ1n) is 7.78. The van der Waals surface area contributed by atoms with E-state index in [2.05, 4.69) is 58.0 Å². The van der Waals surface area contributed by atoms with Gasteiger partial charge in [-0.1, -0.05) is 36.4 Å². The third kappa shape index (κ3) is 3.84. The van der Waals surface area contributed by atoms with Gasteiger partial charge in [0.25, 0.3) is 0 Å². The molecule has 0 aromatic heterocycles. The zero-order valence-electron chi connectivity index (χ0n) is 13.5. The van der Waals surface area contributed by atoms with E-state index in [1.807, 2.05) is 11.0 Å². The van der Waals surface area contributed by atoms with Crippen molar-refractivity contribution < 1.29 is 4.79 Å². The van der Waals surface area contributed by atoms with Crippen molar-refractivity contribution in [2.24, 2.45) is 0 Å². The van der Waals surface area contributed by atoms with Crippen LogP contribution in [0.3, 0.4) is 0 Å². The van der Waals surface area contributed by atoms with Crippen LogP contribution in [0.4, 0.5) is 0 Å². The highest BCUT2D eigenvalue weighted by molar-refractivity contribution is 5.88. The van der Waals surface area contributed by atoms with Gasteiger partial charge in [0.15, 0.2) is 0 Å². The Hall–Kier alpha value is -1.83. The van der Waals surface area contributed by atoms with Gasteiger partial charge in [0, 0.05) is 18.2 Å². The predicted molar refractivity (Wildman–Crippen MR) is 89.0 cm³/mol. The summed E-state index contributed by atoms with van der Waals surface area (Å²) in [6.45, 7) is 8.23. The number of hydrogen-bond acceptors (Lipinski definition) is 1. The van der Waals surface area contributed by atoms with Crippen LogP contribution >= 0.6 is 0 Å². The smallest absolute Gasteiger partial charge is 0.247 e. The van der Waals surface area contributed by atoms with E-state index in [1.165, 1.54) is 16.7 Å². The first-order chi connectivity index (χ1) is 9.99. The predicted octanol–water partition coefficient (Wildman–Crippen LogP) is 4.22. The highest BCUT2D eigenvalue weighted by Gasteiger charge is 2.17. The molecule has 0 aliphatic heterocycles. The number of nitrogens with zero attached hydrogens (tertiary/aromatic N) is 1. The molecule has 0 atom stereocenters. The molecule has 0 bridgehead atoms. The molecule has 0 N–H and O–H groups in total. The molecule has 0 saturated heterocycles. The molecular formula is C19H25NO. The van der Waals surface area contributed by atoms with Crippen LogP contribution in [0.2, 0.25) is 0 Å². The summed E-state index contributed by atoms with van der Waals surface area (Å²) < 4.78 is 0. The second kappa shape index (κ2) is 6.75. The van der Waals surface area contributed by atoms with Gasteiger partial charge in [-0.15, -0.1) is 0 Å². The maximum absolute atomic E-state index is 12.3. The maximum Gasteiger partial charge on any atom is 0.247 e. The highest BCUT2D eigenvalue weighted by Crippen LogP contribution is 2.24. The van der Waals surface area contributed by atoms with E-state index in [0.29, 0.717) is 0 Å². The van der Waals surface area contributed by atoms with E-state index in [0.717, 1.165) is 12.8 Å². The summed E-state index contributed by atoms with van der Waals surface area (Å²) in [5.41, 5.74) is 3.90. The number of hydrogen-bond donors (Lipinski definition) is 0. The van der Waals surface area contributed by atoms with E-state index in [-0.39, 0.29) is 18.0 Å². The molecule has 112 valence electrons. The normalized spacial score (nSPS) is 14.5. The summed E-state index contributed by atoms with van der Waals surface area (Å²) in [6, 6.07) is 8.91. The molecule has 0 fully saturated rings. The lowest BCUT2D eigenvalue weighted by Gasteiger charge is -2.29. The van der Waals surface area contributed by atoms with Crippen molar-refractivity contribution in [2.75, 3.05) is 0 Å². The summed E-state index contributed by atoms with van der Waals surface area (Å²) >= 11 is 0. The summed E-state index contributed by atoms with van der Waals surface area (Å²) in [6.07, 6.45) is 7.95. The van der Waals surface area contributed by atoms with Gasteiger partial charge in [0.2, 0.25) is 5.91 Å². The van der Waals surface area contributed by atoms with Crippen molar-refractivity contribution in [3.63, 3.8) is 0 Å². The highest BCUT2D eigenvalue weighted by atomic mass is 16.2. The van der Waals surface area contributed by atoms with Gasteiger partial charge in [-0.3, -0.25) is 4.79 Å². The minimum absolute atomic E-state index is 0.0970. The van der Waals surface area contributed by atoms with E-state index < -0.39 is 0 Å². The average molecular weight is 283 g/mol. The van der Waals surface area contributed by atoms with E-state index in [1.54, 1.807) is 6.08 Å². The summed E-state index contributed by atoms with van der Waals surface area (Å²) in [4.78, 5) is 14.2. The van der Waals surface area contributed by atoms with Crippen LogP contribution in [0.1, 0.15) is 45.2 Å². The van der Waals surface area contributed by atoms with Crippen LogP contribution in [0.25, 0.3) is 6.08 Å². The van der Waals surface area contributed by atoms with Crippen molar-refractivity contribution in [2.45, 2.75) is 52.6 Å².